The van der Waals surface area contributed by atoms with Crippen LogP contribution in [-0.2, 0) is 4.74 Å². The molecule has 0 heterocycles. The van der Waals surface area contributed by atoms with Crippen LogP contribution in [0, 0.1) is 0 Å². The van der Waals surface area contributed by atoms with Crippen molar-refractivity contribution >= 4 is 5.97 Å². The lowest BCUT2D eigenvalue weighted by Crippen LogP contribution is -1.99. The number of hydrogen-bond donors (Lipinski definition) is 0. The summed E-state index contributed by atoms with van der Waals surface area (Å²) in [5, 5.41) is 0. The van der Waals surface area contributed by atoms with Gasteiger partial charge in [0.15, 0.2) is 0 Å². The maximum Gasteiger partial charge on any atom is 0.342 e. The van der Waals surface area contributed by atoms with Crippen LogP contribution in [0.3, 0.4) is 0 Å². The van der Waals surface area contributed by atoms with Gasteiger partial charge in [-0.05, 0) is 23.3 Å². The van der Waals surface area contributed by atoms with E-state index in [1.807, 2.05) is 42.5 Å². The van der Waals surface area contributed by atoms with Gasteiger partial charge in [0.2, 0.25) is 0 Å². The summed E-state index contributed by atoms with van der Waals surface area (Å²) in [7, 11) is 0. The molecule has 2 heteroatoms. The molecule has 84 valence electrons. The number of hydrogen-bond acceptors (Lipinski definition) is 2. The Balaban J connectivity index is 2.35. The highest BCUT2D eigenvalue weighted by molar-refractivity contribution is 5.91. The lowest BCUT2D eigenvalue weighted by Gasteiger charge is -2.04. The summed E-state index contributed by atoms with van der Waals surface area (Å²) in [6.45, 7) is 3.36. The van der Waals surface area contributed by atoms with Crippen molar-refractivity contribution < 1.29 is 9.53 Å². The molecule has 0 saturated heterocycles. The number of ether oxygens (including phenoxy) is 1. The Hall–Kier alpha value is -2.35. The average molecular weight is 224 g/mol. The van der Waals surface area contributed by atoms with Crippen LogP contribution < -0.4 is 0 Å². The molecule has 0 unspecified atom stereocenters. The Kier molecular flexibility index (Phi) is 3.36. The van der Waals surface area contributed by atoms with E-state index in [1.54, 1.807) is 12.1 Å². The fraction of sp³-hybridized carbons (Fsp3) is 0. The Bertz CT molecular complexity index is 530. The fourth-order valence-electron chi connectivity index (χ4n) is 1.60. The van der Waals surface area contributed by atoms with Crippen molar-refractivity contribution in [2.75, 3.05) is 0 Å². The number of rotatable bonds is 3. The SMILES string of the molecule is C=COC(=O)c1cccc(-c2ccccc2)c1. The lowest BCUT2D eigenvalue weighted by molar-refractivity contribution is 0.0664. The number of esters is 1. The molecule has 2 nitrogen and oxygen atoms in total. The van der Waals surface area contributed by atoms with Crippen molar-refractivity contribution in [3.05, 3.63) is 73.0 Å². The normalized spacial score (nSPS) is 9.65. The van der Waals surface area contributed by atoms with Crippen LogP contribution in [0.15, 0.2) is 67.4 Å². The van der Waals surface area contributed by atoms with Crippen molar-refractivity contribution in [3.63, 3.8) is 0 Å². The van der Waals surface area contributed by atoms with Crippen LogP contribution in [0.2, 0.25) is 0 Å². The molecule has 0 aliphatic heterocycles. The van der Waals surface area contributed by atoms with Gasteiger partial charge in [-0.1, -0.05) is 49.0 Å². The second kappa shape index (κ2) is 5.12. The molecule has 0 bridgehead atoms. The zero-order valence-electron chi connectivity index (χ0n) is 9.30. The molecule has 0 aliphatic carbocycles. The molecule has 0 saturated carbocycles. The summed E-state index contributed by atoms with van der Waals surface area (Å²) < 4.78 is 4.74. The summed E-state index contributed by atoms with van der Waals surface area (Å²) in [4.78, 5) is 11.5. The van der Waals surface area contributed by atoms with E-state index in [1.165, 1.54) is 0 Å². The second-order valence-corrected chi connectivity index (χ2v) is 3.52. The molecule has 2 rings (SSSR count). The Morgan fingerprint density at radius 3 is 2.41 bits per heavy atom. The van der Waals surface area contributed by atoms with Gasteiger partial charge < -0.3 is 4.74 Å². The predicted molar refractivity (Wildman–Crippen MR) is 67.5 cm³/mol. The maximum atomic E-state index is 11.5. The van der Waals surface area contributed by atoms with Crippen LogP contribution in [-0.4, -0.2) is 5.97 Å². The third-order valence-corrected chi connectivity index (χ3v) is 2.40. The van der Waals surface area contributed by atoms with Gasteiger partial charge in [-0.2, -0.15) is 0 Å². The third kappa shape index (κ3) is 2.61. The molecule has 0 amide bonds. The van der Waals surface area contributed by atoms with Crippen LogP contribution >= 0.6 is 0 Å². The van der Waals surface area contributed by atoms with Gasteiger partial charge in [-0.15, -0.1) is 0 Å². The first-order valence-electron chi connectivity index (χ1n) is 5.28. The minimum atomic E-state index is -0.391. The molecule has 0 aromatic heterocycles. The molecular weight excluding hydrogens is 212 g/mol. The van der Waals surface area contributed by atoms with Gasteiger partial charge in [-0.3, -0.25) is 0 Å². The van der Waals surface area contributed by atoms with Crippen molar-refractivity contribution in [3.8, 4) is 11.1 Å². The van der Waals surface area contributed by atoms with E-state index >= 15 is 0 Å². The van der Waals surface area contributed by atoms with Crippen molar-refractivity contribution in [1.29, 1.82) is 0 Å². The van der Waals surface area contributed by atoms with E-state index < -0.39 is 5.97 Å². The summed E-state index contributed by atoms with van der Waals surface area (Å²) >= 11 is 0. The third-order valence-electron chi connectivity index (χ3n) is 2.40. The molecule has 17 heavy (non-hydrogen) atoms. The number of carbonyl (C=O) groups excluding carboxylic acids is 1. The van der Waals surface area contributed by atoms with Gasteiger partial charge >= 0.3 is 5.97 Å². The highest BCUT2D eigenvalue weighted by Gasteiger charge is 2.06. The molecule has 0 aliphatic rings. The molecule has 2 aromatic carbocycles. The maximum absolute atomic E-state index is 11.5. The standard InChI is InChI=1S/C15H12O2/c1-2-17-15(16)14-10-6-9-13(11-14)12-7-4-3-5-8-12/h2-11H,1H2. The van der Waals surface area contributed by atoms with Crippen LogP contribution in [0.5, 0.6) is 0 Å². The van der Waals surface area contributed by atoms with E-state index in [0.29, 0.717) is 5.56 Å². The molecule has 0 fully saturated rings. The van der Waals surface area contributed by atoms with Gasteiger partial charge in [0, 0.05) is 0 Å². The van der Waals surface area contributed by atoms with Crippen LogP contribution in [0.25, 0.3) is 11.1 Å². The smallest absolute Gasteiger partial charge is 0.342 e. The zero-order valence-corrected chi connectivity index (χ0v) is 9.30. The topological polar surface area (TPSA) is 26.3 Å². The summed E-state index contributed by atoms with van der Waals surface area (Å²) in [6.07, 6.45) is 1.14. The monoisotopic (exact) mass is 224 g/mol. The Labute approximate surface area is 100 Å². The molecule has 0 atom stereocenters. The highest BCUT2D eigenvalue weighted by atomic mass is 16.5. The largest absolute Gasteiger partial charge is 0.432 e. The zero-order chi connectivity index (χ0) is 12.1. The van der Waals surface area contributed by atoms with Crippen molar-refractivity contribution in [2.45, 2.75) is 0 Å². The first kappa shape index (κ1) is 11.1. The Morgan fingerprint density at radius 2 is 1.71 bits per heavy atom. The van der Waals surface area contributed by atoms with Gasteiger partial charge in [-0.25, -0.2) is 4.79 Å². The van der Waals surface area contributed by atoms with Crippen LogP contribution in [0.1, 0.15) is 10.4 Å². The van der Waals surface area contributed by atoms with Crippen LogP contribution in [0.4, 0.5) is 0 Å². The number of carbonyl (C=O) groups is 1. The van der Waals surface area contributed by atoms with Gasteiger partial charge in [0.05, 0.1) is 11.8 Å². The van der Waals surface area contributed by atoms with E-state index in [4.69, 9.17) is 4.74 Å². The summed E-state index contributed by atoms with van der Waals surface area (Å²) in [5.41, 5.74) is 2.58. The van der Waals surface area contributed by atoms with Crippen molar-refractivity contribution in [2.24, 2.45) is 0 Å². The molecule has 0 radical (unpaired) electrons. The molecule has 0 spiro atoms. The first-order chi connectivity index (χ1) is 8.31. The predicted octanol–water partition coefficient (Wildman–Crippen LogP) is 3.65. The quantitative estimate of drug-likeness (QED) is 0.587. The van der Waals surface area contributed by atoms with E-state index in [9.17, 15) is 4.79 Å². The minimum Gasteiger partial charge on any atom is -0.432 e. The number of benzene rings is 2. The minimum absolute atomic E-state index is 0.391. The van der Waals surface area contributed by atoms with E-state index in [2.05, 4.69) is 6.58 Å². The molecular formula is C15H12O2. The Morgan fingerprint density at radius 1 is 1.00 bits per heavy atom. The van der Waals surface area contributed by atoms with E-state index in [-0.39, 0.29) is 0 Å². The van der Waals surface area contributed by atoms with Gasteiger partial charge in [0.25, 0.3) is 0 Å². The average Bonchev–Trinajstić information content (AvgIpc) is 2.40. The summed E-state index contributed by atoms with van der Waals surface area (Å²) in [5.74, 6) is -0.391. The fourth-order valence-corrected chi connectivity index (χ4v) is 1.60. The molecule has 2 aromatic rings. The summed E-state index contributed by atoms with van der Waals surface area (Å²) in [6, 6.07) is 17.2. The second-order valence-electron chi connectivity index (χ2n) is 3.52. The van der Waals surface area contributed by atoms with E-state index in [0.717, 1.165) is 17.4 Å². The highest BCUT2D eigenvalue weighted by Crippen LogP contribution is 2.20. The first-order valence-corrected chi connectivity index (χ1v) is 5.28. The van der Waals surface area contributed by atoms with Gasteiger partial charge in [0.1, 0.15) is 0 Å². The molecule has 0 N–H and O–H groups in total. The lowest BCUT2D eigenvalue weighted by atomic mass is 10.0. The van der Waals surface area contributed by atoms with Crippen molar-refractivity contribution in [1.82, 2.24) is 0 Å².